The highest BCUT2D eigenvalue weighted by atomic mass is 19.1. The highest BCUT2D eigenvalue weighted by molar-refractivity contribution is 6.15. The van der Waals surface area contributed by atoms with Crippen LogP contribution in [0.1, 0.15) is 183 Å². The summed E-state index contributed by atoms with van der Waals surface area (Å²) >= 11 is 0. The first-order valence-electron chi connectivity index (χ1n) is 37.8. The highest BCUT2D eigenvalue weighted by Crippen LogP contribution is 2.47. The van der Waals surface area contributed by atoms with E-state index >= 15 is 0 Å². The molecule has 0 radical (unpaired) electrons. The zero-order valence-electron chi connectivity index (χ0n) is 64.2. The Morgan fingerprint density at radius 3 is 0.672 bits per heavy atom. The van der Waals surface area contributed by atoms with Crippen LogP contribution in [0.5, 0.6) is 0 Å². The monoisotopic (exact) mass is 1620 g/mol. The zero-order chi connectivity index (χ0) is 81.7. The maximum atomic E-state index is 14.0. The number of carbonyl (C=O) groups excluding carboxylic acids is 3. The molecule has 119 heavy (non-hydrogen) atoms. The quantitative estimate of drug-likeness (QED) is 0.0203. The standard InChI is InChI=1S/3C31H31FN2O4.5CH4/c3*1-20(2)29-28(31(38)33-24-11-7-4-8-12-24)27(21-9-5-3-6-10-21)30(22-13-15-23(32)16-14-22)34(29)18-17-25(35)19-26(36)37;;;;;/h3*3-16,20,25,35H,17-19H2,1-2H3,(H,33,38)(H,36,37);5*1H4. The molecule has 3 heterocycles. The van der Waals surface area contributed by atoms with Crippen LogP contribution in [0.4, 0.5) is 30.2 Å². The molecule has 3 aromatic heterocycles. The number of benzene rings is 9. The molecule has 0 spiro atoms. The molecule has 0 saturated carbocycles. The number of para-hydroxylation sites is 3. The first-order valence-corrected chi connectivity index (χ1v) is 37.8. The largest absolute Gasteiger partial charge is 0.481 e. The summed E-state index contributed by atoms with van der Waals surface area (Å²) in [5.74, 6) is -5.53. The summed E-state index contributed by atoms with van der Waals surface area (Å²) in [7, 11) is 0. The summed E-state index contributed by atoms with van der Waals surface area (Å²) < 4.78 is 47.7. The van der Waals surface area contributed by atoms with E-state index in [2.05, 4.69) is 16.0 Å². The van der Waals surface area contributed by atoms with E-state index in [4.69, 9.17) is 15.3 Å². The van der Waals surface area contributed by atoms with Crippen molar-refractivity contribution in [3.05, 3.63) is 306 Å². The normalized spacial score (nSPS) is 11.4. The number of anilines is 3. The van der Waals surface area contributed by atoms with Crippen molar-refractivity contribution in [2.24, 2.45) is 0 Å². The number of carboxylic acid groups (broad SMARTS) is 3. The second-order valence-electron chi connectivity index (χ2n) is 28.6. The number of rotatable bonds is 30. The molecule has 9 aromatic carbocycles. The molecule has 18 nitrogen and oxygen atoms in total. The smallest absolute Gasteiger partial charge is 0.305 e. The second kappa shape index (κ2) is 45.7. The minimum atomic E-state index is -1.08. The van der Waals surface area contributed by atoms with Gasteiger partial charge in [-0.2, -0.15) is 0 Å². The molecule has 0 aliphatic rings. The Kier molecular flexibility index (Phi) is 37.2. The van der Waals surface area contributed by atoms with Crippen molar-refractivity contribution in [2.75, 3.05) is 16.0 Å². The van der Waals surface area contributed by atoms with Gasteiger partial charge in [-0.25, -0.2) is 13.2 Å². The molecule has 0 saturated heterocycles. The molecular formula is C98H113F3N6O12. The summed E-state index contributed by atoms with van der Waals surface area (Å²) in [4.78, 5) is 75.4. The summed E-state index contributed by atoms with van der Waals surface area (Å²) in [6, 6.07) is 74.4. The van der Waals surface area contributed by atoms with E-state index in [1.165, 1.54) is 36.4 Å². The summed E-state index contributed by atoms with van der Waals surface area (Å²) in [5.41, 5.74) is 14.5. The Hall–Kier alpha value is -12.7. The summed E-state index contributed by atoms with van der Waals surface area (Å²) in [5, 5.41) is 67.6. The van der Waals surface area contributed by atoms with Crippen molar-refractivity contribution in [3.8, 4) is 67.2 Å². The van der Waals surface area contributed by atoms with E-state index in [9.17, 15) is 57.3 Å². The lowest BCUT2D eigenvalue weighted by Crippen LogP contribution is -2.19. The lowest BCUT2D eigenvalue weighted by molar-refractivity contribution is -0.140. The fourth-order valence-corrected chi connectivity index (χ4v) is 14.4. The number of amides is 3. The van der Waals surface area contributed by atoms with E-state index in [1.807, 2.05) is 237 Å². The Bertz CT molecular complexity index is 4710. The minimum absolute atomic E-state index is 0. The lowest BCUT2D eigenvalue weighted by atomic mass is 9.94. The van der Waals surface area contributed by atoms with E-state index in [0.717, 1.165) is 33.8 Å². The topological polar surface area (TPSA) is 275 Å². The molecule has 3 amide bonds. The Morgan fingerprint density at radius 1 is 0.294 bits per heavy atom. The van der Waals surface area contributed by atoms with Gasteiger partial charge >= 0.3 is 17.9 Å². The highest BCUT2D eigenvalue weighted by Gasteiger charge is 2.35. The zero-order valence-corrected chi connectivity index (χ0v) is 64.2. The number of nitrogens with zero attached hydrogens (tertiary/aromatic N) is 3. The fraction of sp³-hybridized carbons (Fsp3) is 0.265. The van der Waals surface area contributed by atoms with Crippen LogP contribution in [0.15, 0.2) is 255 Å². The molecule has 21 heteroatoms. The van der Waals surface area contributed by atoms with Crippen LogP contribution in [0.2, 0.25) is 0 Å². The van der Waals surface area contributed by atoms with Gasteiger partial charge in [-0.05, 0) is 180 Å². The van der Waals surface area contributed by atoms with E-state index < -0.39 is 36.2 Å². The average Bonchev–Trinajstić information content (AvgIpc) is 1.60. The van der Waals surface area contributed by atoms with E-state index in [0.29, 0.717) is 84.2 Å². The summed E-state index contributed by atoms with van der Waals surface area (Å²) in [6.45, 7) is 12.7. The first kappa shape index (κ1) is 96.9. The molecule has 0 fully saturated rings. The predicted octanol–water partition coefficient (Wildman–Crippen LogP) is 22.9. The van der Waals surface area contributed by atoms with Crippen LogP contribution in [0.3, 0.4) is 0 Å². The Balaban J connectivity index is 0.000000311. The molecular weight excluding hydrogens is 1510 g/mol. The van der Waals surface area contributed by atoms with Gasteiger partial charge in [0.05, 0.1) is 71.3 Å². The molecule has 3 unspecified atom stereocenters. The van der Waals surface area contributed by atoms with Gasteiger partial charge in [-0.3, -0.25) is 28.8 Å². The number of hydrogen-bond donors (Lipinski definition) is 9. The molecule has 12 rings (SSSR count). The third-order valence-electron chi connectivity index (χ3n) is 19.2. The van der Waals surface area contributed by atoms with Crippen LogP contribution in [-0.4, -0.2) is 98.3 Å². The number of hydrogen-bond acceptors (Lipinski definition) is 9. The molecule has 0 bridgehead atoms. The van der Waals surface area contributed by atoms with Crippen LogP contribution in [0.25, 0.3) is 67.2 Å². The second-order valence-corrected chi connectivity index (χ2v) is 28.6. The van der Waals surface area contributed by atoms with Crippen LogP contribution in [-0.2, 0) is 34.0 Å². The Labute approximate surface area is 697 Å². The van der Waals surface area contributed by atoms with Crippen LogP contribution < -0.4 is 16.0 Å². The first-order chi connectivity index (χ1) is 54.8. The molecule has 3 atom stereocenters. The number of carbonyl (C=O) groups is 6. The fourth-order valence-electron chi connectivity index (χ4n) is 14.4. The van der Waals surface area contributed by atoms with Gasteiger partial charge in [0.1, 0.15) is 17.5 Å². The average molecular weight is 1620 g/mol. The number of halogens is 3. The third kappa shape index (κ3) is 24.9. The maximum absolute atomic E-state index is 14.0. The van der Waals surface area contributed by atoms with Crippen LogP contribution >= 0.6 is 0 Å². The van der Waals surface area contributed by atoms with Gasteiger partial charge in [0.25, 0.3) is 17.7 Å². The molecule has 9 N–H and O–H groups in total. The number of aromatic nitrogens is 3. The molecule has 12 aromatic rings. The number of nitrogens with one attached hydrogen (secondary N) is 3. The number of aliphatic carboxylic acids is 3. The van der Waals surface area contributed by atoms with Gasteiger partial charge in [-0.15, -0.1) is 0 Å². The van der Waals surface area contributed by atoms with Gasteiger partial charge in [0.2, 0.25) is 0 Å². The number of carboxylic acids is 3. The van der Waals surface area contributed by atoms with Gasteiger partial charge in [0, 0.05) is 70.5 Å². The SMILES string of the molecule is C.C.C.C.C.CC(C)c1c(C(=O)Nc2ccccc2)c(-c2ccccc2)c(-c2ccc(F)cc2)n1CCC(O)CC(=O)O.CC(C)c1c(C(=O)Nc2ccccc2)c(-c2ccccc2)c(-c2ccc(F)cc2)n1CCC(O)CC(=O)O.CC(C)c1c(C(=O)Nc2ccccc2)c(-c2ccccc2)c(-c2ccc(F)cc2)n1CCC(O)CC(=O)O. The molecule has 628 valence electrons. The van der Waals surface area contributed by atoms with Crippen molar-refractivity contribution < 1.29 is 72.6 Å². The van der Waals surface area contributed by atoms with Gasteiger partial charge in [-0.1, -0.05) is 224 Å². The lowest BCUT2D eigenvalue weighted by Gasteiger charge is -2.18. The van der Waals surface area contributed by atoms with E-state index in [-0.39, 0.29) is 148 Å². The van der Waals surface area contributed by atoms with Crippen molar-refractivity contribution in [1.82, 2.24) is 13.7 Å². The van der Waals surface area contributed by atoms with E-state index in [1.54, 1.807) is 36.4 Å². The summed E-state index contributed by atoms with van der Waals surface area (Å²) in [6.07, 6.45) is -3.80. The van der Waals surface area contributed by atoms with Crippen molar-refractivity contribution in [2.45, 2.75) is 173 Å². The predicted molar refractivity (Wildman–Crippen MR) is 474 cm³/mol. The van der Waals surface area contributed by atoms with Gasteiger partial charge < -0.3 is 60.3 Å². The Morgan fingerprint density at radius 2 is 0.487 bits per heavy atom. The maximum Gasteiger partial charge on any atom is 0.305 e. The number of aliphatic hydroxyl groups excluding tert-OH is 3. The third-order valence-corrected chi connectivity index (χ3v) is 19.2. The minimum Gasteiger partial charge on any atom is -0.481 e. The number of aliphatic hydroxyl groups is 3. The van der Waals surface area contributed by atoms with Crippen molar-refractivity contribution >= 4 is 52.7 Å². The van der Waals surface area contributed by atoms with Crippen molar-refractivity contribution in [1.29, 1.82) is 0 Å². The van der Waals surface area contributed by atoms with Gasteiger partial charge in [0.15, 0.2) is 0 Å². The van der Waals surface area contributed by atoms with Crippen molar-refractivity contribution in [3.63, 3.8) is 0 Å². The molecule has 0 aliphatic carbocycles. The molecule has 0 aliphatic heterocycles. The van der Waals surface area contributed by atoms with Crippen LogP contribution in [0, 0.1) is 17.5 Å².